The number of para-hydroxylation sites is 2. The largest absolute Gasteiger partial charge is 0.443 e. The molecule has 1 aliphatic carbocycles. The highest BCUT2D eigenvalue weighted by Gasteiger charge is 2.46. The average molecular weight is 692 g/mol. The molecule has 0 aliphatic heterocycles. The first-order valence-corrected chi connectivity index (χ1v) is 17.6. The lowest BCUT2D eigenvalue weighted by atomic mass is 10.0. The molecule has 0 N–H and O–H groups in total. The number of hydrogen-bond donors (Lipinski definition) is 0. The molecule has 1 fully saturated rings. The second-order valence-electron chi connectivity index (χ2n) is 11.4. The first kappa shape index (κ1) is 13.2. The lowest BCUT2D eigenvalue weighted by Gasteiger charge is -2.42. The second-order valence-corrected chi connectivity index (χ2v) is 15.3. The second kappa shape index (κ2) is 13.0. The summed E-state index contributed by atoms with van der Waals surface area (Å²) in [5, 5.41) is -2.86. The molecule has 5 aromatic carbocycles. The summed E-state index contributed by atoms with van der Waals surface area (Å²) < 4.78 is 245. The van der Waals surface area contributed by atoms with Gasteiger partial charge in [0.2, 0.25) is 5.82 Å². The highest BCUT2D eigenvalue weighted by atomic mass is 28.3. The van der Waals surface area contributed by atoms with Crippen LogP contribution in [0.4, 0.5) is 0 Å². The maximum absolute atomic E-state index is 10.3. The van der Waals surface area contributed by atoms with Gasteiger partial charge in [0.1, 0.15) is 2.74 Å². The van der Waals surface area contributed by atoms with Crippen molar-refractivity contribution in [2.75, 3.05) is 0 Å². The van der Waals surface area contributed by atoms with Gasteiger partial charge in [-0.25, -0.2) is 4.57 Å². The van der Waals surface area contributed by atoms with Crippen LogP contribution in [0.15, 0.2) is 163 Å². The van der Waals surface area contributed by atoms with Crippen LogP contribution in [0.1, 0.15) is 69.1 Å². The van der Waals surface area contributed by atoms with Crippen molar-refractivity contribution < 1.29 is 41.6 Å². The zero-order valence-electron chi connectivity index (χ0n) is 52.8. The van der Waals surface area contributed by atoms with Gasteiger partial charge in [0.15, 0.2) is 8.07 Å². The zero-order chi connectivity index (χ0) is 56.8. The Morgan fingerprint density at radius 1 is 0.560 bits per heavy atom. The van der Waals surface area contributed by atoms with Crippen molar-refractivity contribution in [3.8, 4) is 23.3 Å². The highest BCUT2D eigenvalue weighted by molar-refractivity contribution is 7.12. The van der Waals surface area contributed by atoms with E-state index >= 15 is 0 Å². The number of nitrogens with zero attached hydrogens (tertiary/aromatic N) is 5. The van der Waals surface area contributed by atoms with Gasteiger partial charge in [-0.1, -0.05) is 147 Å². The third-order valence-electron chi connectivity index (χ3n) is 8.75. The van der Waals surface area contributed by atoms with Gasteiger partial charge in [0.25, 0.3) is 0 Å². The summed E-state index contributed by atoms with van der Waals surface area (Å²) in [4.78, 5) is 13.4. The van der Waals surface area contributed by atoms with Gasteiger partial charge in [0.05, 0.1) is 57.6 Å². The molecule has 1 aliphatic rings. The van der Waals surface area contributed by atoms with Gasteiger partial charge in [-0.2, -0.15) is 4.98 Å². The minimum absolute atomic E-state index is 0.0671. The number of pyridine rings is 1. The van der Waals surface area contributed by atoms with E-state index in [1.165, 1.54) is 0 Å². The van der Waals surface area contributed by atoms with Crippen molar-refractivity contribution in [3.05, 3.63) is 163 Å². The Bertz CT molecular complexity index is 3740. The third-order valence-corrected chi connectivity index (χ3v) is 13.7. The van der Waals surface area contributed by atoms with E-state index in [0.29, 0.717) is 23.8 Å². The Kier molecular flexibility index (Phi) is 3.42. The van der Waals surface area contributed by atoms with Gasteiger partial charge in [-0.05, 0) is 67.3 Å². The van der Waals surface area contributed by atoms with E-state index in [-0.39, 0.29) is 12.8 Å². The van der Waals surface area contributed by atoms with E-state index in [2.05, 4.69) is 15.0 Å². The van der Waals surface area contributed by atoms with E-state index in [1.807, 2.05) is 0 Å². The molecule has 5 nitrogen and oxygen atoms in total. The quantitative estimate of drug-likeness (QED) is 0.0978. The van der Waals surface area contributed by atoms with Crippen LogP contribution in [0.2, 0.25) is 5.54 Å². The van der Waals surface area contributed by atoms with Crippen molar-refractivity contribution in [2.24, 2.45) is 0 Å². The first-order chi connectivity index (χ1) is 36.0. The van der Waals surface area contributed by atoms with Crippen molar-refractivity contribution in [2.45, 2.75) is 37.6 Å². The van der Waals surface area contributed by atoms with Gasteiger partial charge >= 0.3 is 11.9 Å². The van der Waals surface area contributed by atoms with Gasteiger partial charge in [-0.3, -0.25) is 4.57 Å². The van der Waals surface area contributed by atoms with Crippen LogP contribution in [0.25, 0.3) is 45.1 Å². The number of benzene rings is 5. The number of rotatable bonds is 7. The van der Waals surface area contributed by atoms with E-state index in [0.717, 1.165) is 4.57 Å². The summed E-state index contributed by atoms with van der Waals surface area (Å²) in [5.41, 5.74) is -3.12. The number of aromatic nitrogens is 5. The van der Waals surface area contributed by atoms with Crippen LogP contribution in [0.5, 0.6) is 0 Å². The number of fused-ring (bicyclic) bond motifs is 3. The molecule has 0 radical (unpaired) electrons. The molecular weight excluding hydrogens is 627 g/mol. The van der Waals surface area contributed by atoms with Gasteiger partial charge in [0, 0.05) is 16.3 Å². The minimum Gasteiger partial charge on any atom is -0.264 e. The Morgan fingerprint density at radius 2 is 1.12 bits per heavy atom. The summed E-state index contributed by atoms with van der Waals surface area (Å²) in [6, 6.07) is -22.7. The molecule has 0 atom stereocenters. The Hall–Kier alpha value is -5.72. The average Bonchev–Trinajstić information content (AvgIpc) is 3.84. The Labute approximate surface area is 331 Å². The Balaban J connectivity index is 1.57. The van der Waals surface area contributed by atoms with Crippen LogP contribution in [-0.4, -0.2) is 27.6 Å². The molecule has 242 valence electrons. The molecule has 50 heavy (non-hydrogen) atoms. The normalized spacial score (nSPS) is 21.5. The lowest BCUT2D eigenvalue weighted by molar-refractivity contribution is -0.603. The standard InChI is InChI=1S/C44H38N5Si/c1-5-19-34(20-6-1)50(35-21-7-2-8-22-35,36-23-9-3-10-24-36)37-25-17-18-33(32-37)42-45-43(48-30-15-4-16-31-48)47-44(46-42)49-40-28-13-11-26-38(40)39-27-12-14-29-41(39)49/h1-2,4-8,11-22,25-32,36H,3,9-10,23-24H2/q+1/i1D,2D,4D,5D,6D,7D,8D,11D,12D,13D,14D,15D,16D,17D,18D,19D,20D,21D,22D,25D,26D,27D,28D,29D,30D,31D,32D. The van der Waals surface area contributed by atoms with Crippen molar-refractivity contribution in [1.29, 1.82) is 0 Å². The van der Waals surface area contributed by atoms with E-state index in [1.54, 1.807) is 0 Å². The molecule has 0 saturated heterocycles. The van der Waals surface area contributed by atoms with Gasteiger partial charge in [-0.15, -0.1) is 0 Å². The van der Waals surface area contributed by atoms with E-state index in [9.17, 15) is 11.0 Å². The van der Waals surface area contributed by atoms with Crippen molar-refractivity contribution >= 4 is 45.4 Å². The first-order valence-electron chi connectivity index (χ1n) is 29.0. The molecule has 0 spiro atoms. The van der Waals surface area contributed by atoms with E-state index < -0.39 is 238 Å². The number of hydrogen-bond acceptors (Lipinski definition) is 3. The van der Waals surface area contributed by atoms with Gasteiger partial charge < -0.3 is 0 Å². The van der Waals surface area contributed by atoms with Crippen LogP contribution < -0.4 is 20.1 Å². The molecule has 6 heteroatoms. The molecule has 0 amide bonds. The molecule has 3 aromatic heterocycles. The predicted octanol–water partition coefficient (Wildman–Crippen LogP) is 7.72. The molecule has 0 unspecified atom stereocenters. The fourth-order valence-corrected chi connectivity index (χ4v) is 11.6. The predicted molar refractivity (Wildman–Crippen MR) is 206 cm³/mol. The molecule has 1 saturated carbocycles. The topological polar surface area (TPSA) is 47.5 Å². The minimum atomic E-state index is -5.34. The monoisotopic (exact) mass is 691 g/mol. The molecule has 9 rings (SSSR count). The summed E-state index contributed by atoms with van der Waals surface area (Å²) >= 11 is 0. The van der Waals surface area contributed by atoms with Crippen LogP contribution in [-0.2, 0) is 0 Å². The molecule has 8 aromatic rings. The molecular formula is C44H38N5Si+. The summed E-state index contributed by atoms with van der Waals surface area (Å²) in [6.07, 6.45) is -0.592. The fraction of sp³-hybridized carbons (Fsp3) is 0.136. The van der Waals surface area contributed by atoms with Crippen molar-refractivity contribution in [3.63, 3.8) is 0 Å². The lowest BCUT2D eigenvalue weighted by Crippen LogP contribution is -2.70. The molecule has 3 heterocycles. The summed E-state index contributed by atoms with van der Waals surface area (Å²) in [5.74, 6) is -2.79. The van der Waals surface area contributed by atoms with Crippen LogP contribution >= 0.6 is 0 Å². The highest BCUT2D eigenvalue weighted by Crippen LogP contribution is 2.37. The zero-order valence-corrected chi connectivity index (χ0v) is 26.8. The fourth-order valence-electron chi connectivity index (χ4n) is 6.68. The maximum atomic E-state index is 10.3. The van der Waals surface area contributed by atoms with Crippen LogP contribution in [0.3, 0.4) is 0 Å². The summed E-state index contributed by atoms with van der Waals surface area (Å²) in [6.45, 7) is 0. The van der Waals surface area contributed by atoms with E-state index in [4.69, 9.17) is 26.0 Å². The molecule has 0 bridgehead atoms. The summed E-state index contributed by atoms with van der Waals surface area (Å²) in [7, 11) is -5.34. The third kappa shape index (κ3) is 5.15. The SMILES string of the molecule is [2H]c1c([2H])c([2H])c([Si](c2c([2H])c([2H])c([2H])c([2H])c2[2H])(c2c([2H])c([2H])c([2H])c(-c3nc(-n4c5c([2H])c([2H])c([2H])c([2H])c5c5c([2H])c([2H])c([2H])c([2H])c54)nc(-[n+]4c([2H])c([2H])c([2H])c([2H])c4[2H])n3)c2[2H])C2CCCCC2)c([2H])c1[2H]. The van der Waals surface area contributed by atoms with Crippen molar-refractivity contribution in [1.82, 2.24) is 19.5 Å². The smallest absolute Gasteiger partial charge is 0.264 e. The Morgan fingerprint density at radius 3 is 1.76 bits per heavy atom. The maximum Gasteiger partial charge on any atom is 0.443 e. The van der Waals surface area contributed by atoms with Crippen LogP contribution in [0, 0.1) is 0 Å².